The molecule has 5 unspecified atom stereocenters. The predicted molar refractivity (Wildman–Crippen MR) is 176 cm³/mol. The van der Waals surface area contributed by atoms with Crippen molar-refractivity contribution in [2.75, 3.05) is 6.61 Å². The predicted octanol–water partition coefficient (Wildman–Crippen LogP) is 7.78. The van der Waals surface area contributed by atoms with E-state index in [1.54, 1.807) is 71.1 Å². The average molecular weight is 723 g/mol. The standard InChI is InChI=1S/C36H35IO8/c1-2-30-31(24-40-22-25-12-6-3-7-13-25)44-35(42-28-18-20-29(21-19-28)43-36(37)39)33(45-34(38)27-16-10-5-11-17-27)32(30)41-23-26-14-8-4-9-15-26/h3-21,30-33,35H,2,22-24H2,1H3. The lowest BCUT2D eigenvalue weighted by Gasteiger charge is -2.45. The number of halogens is 1. The molecule has 0 aromatic heterocycles. The van der Waals surface area contributed by atoms with E-state index in [9.17, 15) is 9.59 Å². The fourth-order valence-corrected chi connectivity index (χ4v) is 5.52. The van der Waals surface area contributed by atoms with Crippen molar-refractivity contribution >= 4 is 32.5 Å². The zero-order valence-electron chi connectivity index (χ0n) is 24.8. The summed E-state index contributed by atoms with van der Waals surface area (Å²) >= 11 is 1.57. The molecule has 234 valence electrons. The minimum absolute atomic E-state index is 0.177. The van der Waals surface area contributed by atoms with Crippen molar-refractivity contribution in [1.82, 2.24) is 0 Å². The van der Waals surface area contributed by atoms with Crippen LogP contribution in [0.25, 0.3) is 0 Å². The third-order valence-corrected chi connectivity index (χ3v) is 7.70. The Hall–Kier alpha value is -3.77. The molecular formula is C36H35IO8. The Labute approximate surface area is 276 Å². The van der Waals surface area contributed by atoms with Crippen LogP contribution in [0, 0.1) is 5.92 Å². The maximum atomic E-state index is 13.4. The SMILES string of the molecule is CCC1C(COCc2ccccc2)OC(Oc2ccc(OC(=O)I)cc2)C(OC(=O)c2ccccc2)C1OCc1ccccc1. The van der Waals surface area contributed by atoms with Gasteiger partial charge >= 0.3 is 9.95 Å². The lowest BCUT2D eigenvalue weighted by molar-refractivity contribution is -0.276. The van der Waals surface area contributed by atoms with E-state index in [-0.39, 0.29) is 12.5 Å². The highest BCUT2D eigenvalue weighted by Gasteiger charge is 2.49. The molecule has 0 N–H and O–H groups in total. The molecule has 5 atom stereocenters. The summed E-state index contributed by atoms with van der Waals surface area (Å²) in [6.07, 6.45) is -2.25. The summed E-state index contributed by atoms with van der Waals surface area (Å²) in [5, 5.41) is 0. The topological polar surface area (TPSA) is 89.5 Å². The van der Waals surface area contributed by atoms with Gasteiger partial charge in [0.05, 0.1) is 54.1 Å². The second-order valence-electron chi connectivity index (χ2n) is 10.5. The maximum Gasteiger partial charge on any atom is 0.372 e. The Morgan fingerprint density at radius 3 is 1.91 bits per heavy atom. The first-order chi connectivity index (χ1) is 22.0. The van der Waals surface area contributed by atoms with Crippen LogP contribution in [-0.4, -0.2) is 41.2 Å². The van der Waals surface area contributed by atoms with Gasteiger partial charge in [0.25, 0.3) is 0 Å². The van der Waals surface area contributed by atoms with E-state index in [4.69, 9.17) is 28.4 Å². The third-order valence-electron chi connectivity index (χ3n) is 7.48. The van der Waals surface area contributed by atoms with Crippen molar-refractivity contribution in [3.8, 4) is 11.5 Å². The second kappa shape index (κ2) is 16.5. The Kier molecular flexibility index (Phi) is 12.0. The van der Waals surface area contributed by atoms with Crippen molar-refractivity contribution in [2.24, 2.45) is 5.92 Å². The zero-order valence-corrected chi connectivity index (χ0v) is 27.0. The van der Waals surface area contributed by atoms with Crippen LogP contribution < -0.4 is 9.47 Å². The highest BCUT2D eigenvalue weighted by Crippen LogP contribution is 2.35. The number of hydrogen-bond acceptors (Lipinski definition) is 8. The zero-order chi connectivity index (χ0) is 31.4. The smallest absolute Gasteiger partial charge is 0.372 e. The van der Waals surface area contributed by atoms with Gasteiger partial charge < -0.3 is 28.4 Å². The Morgan fingerprint density at radius 1 is 0.733 bits per heavy atom. The van der Waals surface area contributed by atoms with Crippen LogP contribution >= 0.6 is 22.6 Å². The van der Waals surface area contributed by atoms with E-state index < -0.39 is 34.5 Å². The maximum absolute atomic E-state index is 13.4. The second-order valence-corrected chi connectivity index (χ2v) is 11.4. The number of hydrogen-bond donors (Lipinski definition) is 0. The molecule has 1 saturated heterocycles. The van der Waals surface area contributed by atoms with Gasteiger partial charge in [-0.05, 0) is 53.9 Å². The molecule has 8 nitrogen and oxygen atoms in total. The molecule has 1 heterocycles. The molecule has 0 saturated carbocycles. The number of esters is 1. The summed E-state index contributed by atoms with van der Waals surface area (Å²) in [4.78, 5) is 24.8. The molecule has 4 aromatic rings. The summed E-state index contributed by atoms with van der Waals surface area (Å²) in [5.74, 6) is 0.128. The van der Waals surface area contributed by atoms with Crippen LogP contribution in [0.15, 0.2) is 115 Å². The molecular weight excluding hydrogens is 687 g/mol. The summed E-state index contributed by atoms with van der Waals surface area (Å²) in [5.41, 5.74) is 2.44. The lowest BCUT2D eigenvalue weighted by Crippen LogP contribution is -2.59. The number of ether oxygens (including phenoxy) is 6. The van der Waals surface area contributed by atoms with Gasteiger partial charge in [-0.3, -0.25) is 0 Å². The number of benzene rings is 4. The van der Waals surface area contributed by atoms with Crippen LogP contribution in [0.1, 0.15) is 34.8 Å². The summed E-state index contributed by atoms with van der Waals surface area (Å²) in [6.45, 7) is 3.06. The van der Waals surface area contributed by atoms with E-state index in [1.807, 2.05) is 66.7 Å². The quantitative estimate of drug-likeness (QED) is 0.0786. The van der Waals surface area contributed by atoms with Crippen LogP contribution in [0.4, 0.5) is 4.79 Å². The number of rotatable bonds is 13. The summed E-state index contributed by atoms with van der Waals surface area (Å²) in [7, 11) is 0. The van der Waals surface area contributed by atoms with Crippen LogP contribution in [0.3, 0.4) is 0 Å². The molecule has 1 fully saturated rings. The summed E-state index contributed by atoms with van der Waals surface area (Å²) < 4.78 is 36.5. The minimum atomic E-state index is -1.02. The van der Waals surface area contributed by atoms with Gasteiger partial charge in [0.2, 0.25) is 6.29 Å². The van der Waals surface area contributed by atoms with Gasteiger partial charge in [0, 0.05) is 5.92 Å². The first-order valence-electron chi connectivity index (χ1n) is 14.8. The lowest BCUT2D eigenvalue weighted by atomic mass is 9.86. The number of carbonyl (C=O) groups is 2. The van der Waals surface area contributed by atoms with Gasteiger partial charge in [-0.1, -0.05) is 85.8 Å². The van der Waals surface area contributed by atoms with Crippen molar-refractivity contribution in [2.45, 2.75) is 51.2 Å². The van der Waals surface area contributed by atoms with Crippen LogP contribution in [0.2, 0.25) is 0 Å². The fourth-order valence-electron chi connectivity index (χ4n) is 5.27. The molecule has 1 aliphatic heterocycles. The fraction of sp³-hybridized carbons (Fsp3) is 0.278. The van der Waals surface area contributed by atoms with E-state index in [0.717, 1.165) is 11.1 Å². The van der Waals surface area contributed by atoms with Gasteiger partial charge in [-0.15, -0.1) is 0 Å². The van der Waals surface area contributed by atoms with Crippen LogP contribution in [0.5, 0.6) is 11.5 Å². The van der Waals surface area contributed by atoms with Gasteiger partial charge in [-0.25, -0.2) is 9.59 Å². The first kappa shape index (κ1) is 32.6. The number of carbonyl (C=O) groups excluding carboxylic acids is 2. The van der Waals surface area contributed by atoms with E-state index in [2.05, 4.69) is 6.92 Å². The first-order valence-corrected chi connectivity index (χ1v) is 15.9. The monoisotopic (exact) mass is 722 g/mol. The highest BCUT2D eigenvalue weighted by molar-refractivity contribution is 14.1. The van der Waals surface area contributed by atoms with E-state index in [1.165, 1.54) is 0 Å². The highest BCUT2D eigenvalue weighted by atomic mass is 127. The van der Waals surface area contributed by atoms with E-state index >= 15 is 0 Å². The molecule has 5 rings (SSSR count). The van der Waals surface area contributed by atoms with Gasteiger partial charge in [0.1, 0.15) is 17.6 Å². The van der Waals surface area contributed by atoms with Crippen molar-refractivity contribution in [3.05, 3.63) is 132 Å². The minimum Gasteiger partial charge on any atom is -0.461 e. The molecule has 0 bridgehead atoms. The Morgan fingerprint density at radius 2 is 1.31 bits per heavy atom. The molecule has 9 heteroatoms. The van der Waals surface area contributed by atoms with E-state index in [0.29, 0.717) is 36.7 Å². The molecule has 4 aromatic carbocycles. The molecule has 0 amide bonds. The Bertz CT molecular complexity index is 1480. The van der Waals surface area contributed by atoms with Crippen molar-refractivity contribution < 1.29 is 38.0 Å². The largest absolute Gasteiger partial charge is 0.461 e. The molecule has 0 radical (unpaired) electrons. The third kappa shape index (κ3) is 9.37. The Balaban J connectivity index is 1.43. The van der Waals surface area contributed by atoms with Gasteiger partial charge in [-0.2, -0.15) is 0 Å². The van der Waals surface area contributed by atoms with Crippen molar-refractivity contribution in [3.63, 3.8) is 0 Å². The average Bonchev–Trinajstić information content (AvgIpc) is 3.07. The van der Waals surface area contributed by atoms with Crippen LogP contribution in [-0.2, 0) is 32.2 Å². The summed E-state index contributed by atoms with van der Waals surface area (Å²) in [6, 6.07) is 35.2. The normalized spacial score (nSPS) is 21.1. The molecule has 45 heavy (non-hydrogen) atoms. The molecule has 1 aliphatic rings. The molecule has 0 aliphatic carbocycles. The van der Waals surface area contributed by atoms with Crippen molar-refractivity contribution in [1.29, 1.82) is 0 Å². The van der Waals surface area contributed by atoms with Gasteiger partial charge in [0.15, 0.2) is 6.10 Å². The molecule has 0 spiro atoms.